The number of anilines is 1. The summed E-state index contributed by atoms with van der Waals surface area (Å²) in [5.74, 6) is 2.06. The number of hydrogen-bond acceptors (Lipinski definition) is 8. The number of ether oxygens (including phenoxy) is 2. The van der Waals surface area contributed by atoms with Crippen molar-refractivity contribution in [3.63, 3.8) is 0 Å². The summed E-state index contributed by atoms with van der Waals surface area (Å²) < 4.78 is 43.8. The van der Waals surface area contributed by atoms with Crippen LogP contribution >= 0.6 is 0 Å². The predicted molar refractivity (Wildman–Crippen MR) is 179 cm³/mol. The van der Waals surface area contributed by atoms with Crippen LogP contribution in [0.25, 0.3) is 32.9 Å². The molecule has 2 saturated heterocycles. The van der Waals surface area contributed by atoms with E-state index >= 15 is 4.39 Å². The molecule has 246 valence electrons. The van der Waals surface area contributed by atoms with Gasteiger partial charge in [-0.3, -0.25) is 9.88 Å². The van der Waals surface area contributed by atoms with E-state index in [4.69, 9.17) is 20.9 Å². The Kier molecular flexibility index (Phi) is 8.62. The molecule has 1 aliphatic carbocycles. The highest BCUT2D eigenvalue weighted by Crippen LogP contribution is 2.48. The van der Waals surface area contributed by atoms with E-state index < -0.39 is 11.6 Å². The Balaban J connectivity index is 1.29. The molecule has 2 aromatic carbocycles. The molecular weight excluding hydrogens is 600 g/mol. The summed E-state index contributed by atoms with van der Waals surface area (Å²) >= 11 is 0. The summed E-state index contributed by atoms with van der Waals surface area (Å²) in [6, 6.07) is 6.11. The lowest BCUT2D eigenvalue weighted by atomic mass is 9.75. The molecule has 3 aliphatic rings. The van der Waals surface area contributed by atoms with Gasteiger partial charge in [0, 0.05) is 54.8 Å². The zero-order valence-electron chi connectivity index (χ0n) is 27.1. The molecule has 3 atom stereocenters. The monoisotopic (exact) mass is 641 g/mol. The fourth-order valence-corrected chi connectivity index (χ4v) is 8.29. The van der Waals surface area contributed by atoms with Gasteiger partial charge in [0.05, 0.1) is 24.2 Å². The van der Waals surface area contributed by atoms with Crippen LogP contribution in [0.2, 0.25) is 0 Å². The summed E-state index contributed by atoms with van der Waals surface area (Å²) in [6.45, 7) is 9.60. The highest BCUT2D eigenvalue weighted by atomic mass is 19.1. The van der Waals surface area contributed by atoms with E-state index in [1.807, 2.05) is 18.7 Å². The number of phenols is 1. The Morgan fingerprint density at radius 3 is 2.74 bits per heavy atom. The maximum absolute atomic E-state index is 16.8. The molecule has 1 saturated carbocycles. The van der Waals surface area contributed by atoms with Gasteiger partial charge in [-0.1, -0.05) is 18.4 Å². The van der Waals surface area contributed by atoms with Crippen molar-refractivity contribution in [3.8, 4) is 35.4 Å². The van der Waals surface area contributed by atoms with Crippen molar-refractivity contribution in [2.45, 2.75) is 58.4 Å². The lowest BCUT2D eigenvalue weighted by Gasteiger charge is -2.46. The average Bonchev–Trinajstić information content (AvgIpc) is 3.76. The fourth-order valence-electron chi connectivity index (χ4n) is 8.29. The maximum atomic E-state index is 16.8. The third kappa shape index (κ3) is 5.63. The number of hydrogen-bond donors (Lipinski definition) is 1. The van der Waals surface area contributed by atoms with Gasteiger partial charge in [-0.05, 0) is 82.0 Å². The minimum atomic E-state index is -0.721. The number of fused-ring (bicyclic) bond motifs is 3. The van der Waals surface area contributed by atoms with Crippen LogP contribution in [0, 0.1) is 35.3 Å². The molecule has 0 bridgehead atoms. The molecule has 4 heterocycles. The zero-order chi connectivity index (χ0) is 32.7. The molecule has 0 radical (unpaired) electrons. The highest BCUT2D eigenvalue weighted by molar-refractivity contribution is 6.03. The standard InChI is InChI=1S/C37H41F2N5O3/c1-4-26-29(38)11-10-24-17-25(45)18-27(31(24)26)33-32(39)34-28(19-40-33)35(43(5-2)6-3)42-36(41-34)47-22-37-13-7-9-30(37)44(15-8-14-37)20-23-12-16-46-21-23/h1,10-11,17-19,23,30,45H,5-9,12-16,20-22H2,2-3H3. The molecular formula is C37H41F2N5O3. The van der Waals surface area contributed by atoms with Gasteiger partial charge >= 0.3 is 6.01 Å². The maximum Gasteiger partial charge on any atom is 0.319 e. The van der Waals surface area contributed by atoms with Crippen molar-refractivity contribution in [1.82, 2.24) is 19.9 Å². The second-order valence-corrected chi connectivity index (χ2v) is 13.2. The van der Waals surface area contributed by atoms with Crippen LogP contribution < -0.4 is 9.64 Å². The molecule has 2 aromatic heterocycles. The summed E-state index contributed by atoms with van der Waals surface area (Å²) in [5.41, 5.74) is 0.0957. The Labute approximate surface area is 274 Å². The molecule has 4 aromatic rings. The first kappa shape index (κ1) is 31.5. The fraction of sp³-hybridized carbons (Fsp3) is 0.486. The number of benzene rings is 2. The molecule has 47 heavy (non-hydrogen) atoms. The third-order valence-corrected chi connectivity index (χ3v) is 10.6. The van der Waals surface area contributed by atoms with Crippen molar-refractivity contribution in [2.75, 3.05) is 50.9 Å². The van der Waals surface area contributed by atoms with E-state index in [1.54, 1.807) is 0 Å². The van der Waals surface area contributed by atoms with E-state index in [9.17, 15) is 9.50 Å². The van der Waals surface area contributed by atoms with Crippen molar-refractivity contribution in [2.24, 2.45) is 11.3 Å². The van der Waals surface area contributed by atoms with Crippen molar-refractivity contribution in [3.05, 3.63) is 47.7 Å². The highest BCUT2D eigenvalue weighted by Gasteiger charge is 2.49. The SMILES string of the molecule is C#Cc1c(F)ccc2cc(O)cc(-c3ncc4c(N(CC)CC)nc(OCC56CCCC5N(CC5CCOC5)CCC6)nc4c3F)c12. The summed E-state index contributed by atoms with van der Waals surface area (Å²) in [7, 11) is 0. The second-order valence-electron chi connectivity index (χ2n) is 13.2. The Bertz CT molecular complexity index is 1850. The van der Waals surface area contributed by atoms with Gasteiger partial charge in [0.15, 0.2) is 5.82 Å². The van der Waals surface area contributed by atoms with E-state index in [0.29, 0.717) is 53.6 Å². The molecule has 3 unspecified atom stereocenters. The molecule has 7 rings (SSSR count). The van der Waals surface area contributed by atoms with Gasteiger partial charge in [0.2, 0.25) is 0 Å². The number of piperidine rings is 1. The van der Waals surface area contributed by atoms with E-state index in [-0.39, 0.29) is 39.5 Å². The summed E-state index contributed by atoms with van der Waals surface area (Å²) in [5, 5.41) is 11.7. The molecule has 8 nitrogen and oxygen atoms in total. The van der Waals surface area contributed by atoms with E-state index in [0.717, 1.165) is 64.8 Å². The van der Waals surface area contributed by atoms with Gasteiger partial charge in [-0.25, -0.2) is 8.78 Å². The Hall–Kier alpha value is -4.07. The first-order valence-electron chi connectivity index (χ1n) is 16.8. The first-order chi connectivity index (χ1) is 22.9. The molecule has 0 spiro atoms. The topological polar surface area (TPSA) is 83.8 Å². The number of likely N-dealkylation sites (tertiary alicyclic amines) is 1. The Morgan fingerprint density at radius 2 is 1.98 bits per heavy atom. The number of halogens is 2. The van der Waals surface area contributed by atoms with Gasteiger partial charge in [-0.2, -0.15) is 9.97 Å². The molecule has 10 heteroatoms. The molecule has 1 N–H and O–H groups in total. The number of aromatic hydroxyl groups is 1. The predicted octanol–water partition coefficient (Wildman–Crippen LogP) is 6.71. The minimum absolute atomic E-state index is 0.0104. The summed E-state index contributed by atoms with van der Waals surface area (Å²) in [4.78, 5) is 18.6. The largest absolute Gasteiger partial charge is 0.508 e. The third-order valence-electron chi connectivity index (χ3n) is 10.6. The normalized spacial score (nSPS) is 22.9. The second kappa shape index (κ2) is 12.9. The van der Waals surface area contributed by atoms with Gasteiger partial charge in [0.1, 0.15) is 28.6 Å². The zero-order valence-corrected chi connectivity index (χ0v) is 27.1. The lowest BCUT2D eigenvalue weighted by Crippen LogP contribution is -2.53. The Morgan fingerprint density at radius 1 is 1.15 bits per heavy atom. The molecule has 0 amide bonds. The van der Waals surface area contributed by atoms with Gasteiger partial charge in [0.25, 0.3) is 0 Å². The van der Waals surface area contributed by atoms with E-state index in [2.05, 4.69) is 20.8 Å². The molecule has 3 fully saturated rings. The van der Waals surface area contributed by atoms with Gasteiger partial charge < -0.3 is 19.5 Å². The van der Waals surface area contributed by atoms with Crippen LogP contribution in [-0.2, 0) is 4.74 Å². The van der Waals surface area contributed by atoms with Crippen LogP contribution in [0.3, 0.4) is 0 Å². The van der Waals surface area contributed by atoms with E-state index in [1.165, 1.54) is 30.5 Å². The van der Waals surface area contributed by atoms with Crippen LogP contribution in [0.15, 0.2) is 30.5 Å². The van der Waals surface area contributed by atoms with Crippen molar-refractivity contribution >= 4 is 27.5 Å². The number of aromatic nitrogens is 3. The lowest BCUT2D eigenvalue weighted by molar-refractivity contribution is -0.00804. The van der Waals surface area contributed by atoms with Crippen molar-refractivity contribution < 1.29 is 23.4 Å². The van der Waals surface area contributed by atoms with Gasteiger partial charge in [-0.15, -0.1) is 6.42 Å². The van der Waals surface area contributed by atoms with Crippen LogP contribution in [-0.4, -0.2) is 77.0 Å². The van der Waals surface area contributed by atoms with Crippen molar-refractivity contribution in [1.29, 1.82) is 0 Å². The van der Waals surface area contributed by atoms with Crippen LogP contribution in [0.5, 0.6) is 11.8 Å². The number of pyridine rings is 1. The number of rotatable bonds is 9. The van der Waals surface area contributed by atoms with Crippen LogP contribution in [0.1, 0.15) is 57.9 Å². The summed E-state index contributed by atoms with van der Waals surface area (Å²) in [6.07, 6.45) is 13.9. The first-order valence-corrected chi connectivity index (χ1v) is 16.8. The smallest absolute Gasteiger partial charge is 0.319 e. The minimum Gasteiger partial charge on any atom is -0.508 e. The van der Waals surface area contributed by atoms with Crippen LogP contribution in [0.4, 0.5) is 14.6 Å². The number of terminal acetylenes is 1. The molecule has 2 aliphatic heterocycles. The number of nitrogens with zero attached hydrogens (tertiary/aromatic N) is 5. The average molecular weight is 642 g/mol. The number of phenolic OH excluding ortho intramolecular Hbond substituents is 1. The quantitative estimate of drug-likeness (QED) is 0.202.